The predicted octanol–water partition coefficient (Wildman–Crippen LogP) is 4.57. The summed E-state index contributed by atoms with van der Waals surface area (Å²) in [4.78, 5) is 15.0. The predicted molar refractivity (Wildman–Crippen MR) is 125 cm³/mol. The van der Waals surface area contributed by atoms with Crippen LogP contribution in [0.2, 0.25) is 0 Å². The first-order valence-electron chi connectivity index (χ1n) is 9.34. The third kappa shape index (κ3) is 4.58. The molecule has 3 aromatic carbocycles. The molecule has 1 fully saturated rings. The third-order valence-electron chi connectivity index (χ3n) is 4.84. The van der Waals surface area contributed by atoms with E-state index in [-0.39, 0.29) is 11.0 Å². The first-order valence-corrected chi connectivity index (χ1v) is 10.5. The van der Waals surface area contributed by atoms with Gasteiger partial charge in [0.1, 0.15) is 0 Å². The van der Waals surface area contributed by atoms with E-state index in [9.17, 15) is 4.79 Å². The summed E-state index contributed by atoms with van der Waals surface area (Å²) >= 11 is 8.87. The molecule has 0 aliphatic carbocycles. The highest BCUT2D eigenvalue weighted by atomic mass is 79.9. The van der Waals surface area contributed by atoms with E-state index in [1.54, 1.807) is 6.07 Å². The fourth-order valence-corrected chi connectivity index (χ4v) is 4.09. The summed E-state index contributed by atoms with van der Waals surface area (Å²) in [5, 5.41) is 7.97. The van der Waals surface area contributed by atoms with Crippen LogP contribution in [0.15, 0.2) is 65.1 Å². The Balaban J connectivity index is 1.42. The zero-order chi connectivity index (χ0) is 20.2. The summed E-state index contributed by atoms with van der Waals surface area (Å²) in [5.41, 5.74) is 2.55. The molecule has 4 rings (SSSR count). The van der Waals surface area contributed by atoms with Crippen LogP contribution in [-0.4, -0.2) is 37.3 Å². The molecule has 5 nitrogen and oxygen atoms in total. The molecule has 1 aliphatic heterocycles. The molecule has 1 saturated heterocycles. The van der Waals surface area contributed by atoms with Crippen LogP contribution in [0.3, 0.4) is 0 Å². The summed E-state index contributed by atoms with van der Waals surface area (Å²) in [6.07, 6.45) is 0. The minimum Gasteiger partial charge on any atom is -0.378 e. The molecular formula is C22H20BrN3O2S. The summed E-state index contributed by atoms with van der Waals surface area (Å²) in [6.45, 7) is 3.28. The van der Waals surface area contributed by atoms with Crippen molar-refractivity contribution in [1.29, 1.82) is 0 Å². The van der Waals surface area contributed by atoms with Crippen LogP contribution in [0.25, 0.3) is 10.8 Å². The maximum Gasteiger partial charge on any atom is 0.258 e. The van der Waals surface area contributed by atoms with Gasteiger partial charge < -0.3 is 15.0 Å². The Labute approximate surface area is 183 Å². The number of hydrogen-bond acceptors (Lipinski definition) is 4. The SMILES string of the molecule is O=C(NC(=S)Nc1ccc(N2CCOCC2)cc1)c1cccc2c(Br)cccc12. The van der Waals surface area contributed by atoms with Gasteiger partial charge in [0.25, 0.3) is 5.91 Å². The summed E-state index contributed by atoms with van der Waals surface area (Å²) in [5.74, 6) is -0.240. The molecule has 148 valence electrons. The van der Waals surface area contributed by atoms with Crippen molar-refractivity contribution >= 4 is 61.3 Å². The number of rotatable bonds is 3. The zero-order valence-corrected chi connectivity index (χ0v) is 18.1. The number of morpholine rings is 1. The van der Waals surface area contributed by atoms with Crippen molar-refractivity contribution in [1.82, 2.24) is 5.32 Å². The number of nitrogens with one attached hydrogen (secondary N) is 2. The smallest absolute Gasteiger partial charge is 0.258 e. The quantitative estimate of drug-likeness (QED) is 0.550. The number of anilines is 2. The fourth-order valence-electron chi connectivity index (χ4n) is 3.38. The van der Waals surface area contributed by atoms with Gasteiger partial charge in [-0.25, -0.2) is 0 Å². The summed E-state index contributed by atoms with van der Waals surface area (Å²) in [6, 6.07) is 19.4. The Morgan fingerprint density at radius 3 is 2.41 bits per heavy atom. The lowest BCUT2D eigenvalue weighted by atomic mass is 10.0. The Kier molecular flexibility index (Phi) is 6.08. The molecule has 1 heterocycles. The third-order valence-corrected chi connectivity index (χ3v) is 5.74. The number of benzene rings is 3. The average Bonchev–Trinajstić information content (AvgIpc) is 2.75. The van der Waals surface area contributed by atoms with E-state index in [0.29, 0.717) is 5.56 Å². The Morgan fingerprint density at radius 1 is 0.966 bits per heavy atom. The number of fused-ring (bicyclic) bond motifs is 1. The molecule has 1 amide bonds. The van der Waals surface area contributed by atoms with Gasteiger partial charge in [0.05, 0.1) is 13.2 Å². The largest absolute Gasteiger partial charge is 0.378 e. The van der Waals surface area contributed by atoms with E-state index in [1.165, 1.54) is 0 Å². The number of thiocarbonyl (C=S) groups is 1. The molecule has 1 aliphatic rings. The van der Waals surface area contributed by atoms with Crippen molar-refractivity contribution in [2.45, 2.75) is 0 Å². The van der Waals surface area contributed by atoms with E-state index < -0.39 is 0 Å². The number of carbonyl (C=O) groups is 1. The molecule has 0 aromatic heterocycles. The average molecular weight is 470 g/mol. The number of hydrogen-bond donors (Lipinski definition) is 2. The molecule has 0 saturated carbocycles. The first-order chi connectivity index (χ1) is 14.1. The highest BCUT2D eigenvalue weighted by molar-refractivity contribution is 9.10. The standard InChI is InChI=1S/C22H20BrN3O2S/c23-20-6-2-3-17-18(20)4-1-5-19(17)21(27)25-22(29)24-15-7-9-16(10-8-15)26-11-13-28-14-12-26/h1-10H,11-14H2,(H2,24,25,27,29). The molecule has 29 heavy (non-hydrogen) atoms. The monoisotopic (exact) mass is 469 g/mol. The van der Waals surface area contributed by atoms with Crippen LogP contribution in [0, 0.1) is 0 Å². The lowest BCUT2D eigenvalue weighted by molar-refractivity contribution is 0.0979. The van der Waals surface area contributed by atoms with Gasteiger partial charge in [-0.2, -0.15) is 0 Å². The maximum atomic E-state index is 12.8. The second-order valence-corrected chi connectivity index (χ2v) is 7.96. The molecule has 0 radical (unpaired) electrons. The van der Waals surface area contributed by atoms with Gasteiger partial charge in [0, 0.05) is 34.5 Å². The first kappa shape index (κ1) is 19.8. The molecule has 7 heteroatoms. The van der Waals surface area contributed by atoms with E-state index in [0.717, 1.165) is 52.9 Å². The second-order valence-electron chi connectivity index (χ2n) is 6.70. The van der Waals surface area contributed by atoms with Gasteiger partial charge in [-0.3, -0.25) is 10.1 Å². The molecule has 0 spiro atoms. The van der Waals surface area contributed by atoms with Crippen LogP contribution in [0.4, 0.5) is 11.4 Å². The van der Waals surface area contributed by atoms with E-state index in [4.69, 9.17) is 17.0 Å². The van der Waals surface area contributed by atoms with Gasteiger partial charge >= 0.3 is 0 Å². The van der Waals surface area contributed by atoms with Crippen molar-refractivity contribution in [3.63, 3.8) is 0 Å². The molecule has 0 unspecified atom stereocenters. The summed E-state index contributed by atoms with van der Waals surface area (Å²) < 4.78 is 6.34. The van der Waals surface area contributed by atoms with Crippen LogP contribution in [0.1, 0.15) is 10.4 Å². The van der Waals surface area contributed by atoms with Gasteiger partial charge in [-0.1, -0.05) is 40.2 Å². The second kappa shape index (κ2) is 8.90. The number of halogens is 1. The topological polar surface area (TPSA) is 53.6 Å². The van der Waals surface area contributed by atoms with Crippen LogP contribution in [-0.2, 0) is 4.74 Å². The number of nitrogens with zero attached hydrogens (tertiary/aromatic N) is 1. The van der Waals surface area contributed by atoms with Gasteiger partial charge in [0.15, 0.2) is 5.11 Å². The van der Waals surface area contributed by atoms with Crippen LogP contribution in [0.5, 0.6) is 0 Å². The lowest BCUT2D eigenvalue weighted by Crippen LogP contribution is -2.36. The van der Waals surface area contributed by atoms with Crippen molar-refractivity contribution < 1.29 is 9.53 Å². The normalized spacial score (nSPS) is 13.9. The highest BCUT2D eigenvalue weighted by Gasteiger charge is 2.13. The molecule has 0 bridgehead atoms. The minimum absolute atomic E-state index is 0.240. The Morgan fingerprint density at radius 2 is 1.66 bits per heavy atom. The van der Waals surface area contributed by atoms with E-state index in [1.807, 2.05) is 54.6 Å². The Bertz CT molecular complexity index is 1050. The number of carbonyl (C=O) groups excluding carboxylic acids is 1. The van der Waals surface area contributed by atoms with E-state index >= 15 is 0 Å². The van der Waals surface area contributed by atoms with Crippen molar-refractivity contribution in [3.8, 4) is 0 Å². The molecule has 2 N–H and O–H groups in total. The summed E-state index contributed by atoms with van der Waals surface area (Å²) in [7, 11) is 0. The zero-order valence-electron chi connectivity index (χ0n) is 15.7. The Hall–Kier alpha value is -2.48. The molecule has 0 atom stereocenters. The van der Waals surface area contributed by atoms with Crippen molar-refractivity contribution in [2.24, 2.45) is 0 Å². The minimum atomic E-state index is -0.240. The van der Waals surface area contributed by atoms with Crippen LogP contribution < -0.4 is 15.5 Å². The maximum absolute atomic E-state index is 12.8. The lowest BCUT2D eigenvalue weighted by Gasteiger charge is -2.28. The van der Waals surface area contributed by atoms with E-state index in [2.05, 4.69) is 31.5 Å². The molecular weight excluding hydrogens is 450 g/mol. The van der Waals surface area contributed by atoms with Gasteiger partial charge in [0.2, 0.25) is 0 Å². The highest BCUT2D eigenvalue weighted by Crippen LogP contribution is 2.26. The fraction of sp³-hybridized carbons (Fsp3) is 0.182. The molecule has 3 aromatic rings. The number of amides is 1. The van der Waals surface area contributed by atoms with Crippen molar-refractivity contribution in [3.05, 3.63) is 70.7 Å². The van der Waals surface area contributed by atoms with Gasteiger partial charge in [-0.15, -0.1) is 0 Å². The van der Waals surface area contributed by atoms with Gasteiger partial charge in [-0.05, 0) is 59.4 Å². The van der Waals surface area contributed by atoms with Crippen molar-refractivity contribution in [2.75, 3.05) is 36.5 Å². The van der Waals surface area contributed by atoms with Crippen LogP contribution >= 0.6 is 28.1 Å². The number of ether oxygens (including phenoxy) is 1.